The number of fused-ring (bicyclic) bond motifs is 1. The van der Waals surface area contributed by atoms with Gasteiger partial charge in [-0.05, 0) is 24.6 Å². The molecule has 3 heterocycles. The minimum Gasteiger partial charge on any atom is -0.512 e. The highest BCUT2D eigenvalue weighted by Gasteiger charge is 2.19. The molecule has 1 aliphatic heterocycles. The Morgan fingerprint density at radius 1 is 1.19 bits per heavy atom. The second-order valence-electron chi connectivity index (χ2n) is 9.53. The number of aryl methyl sites for hydroxylation is 1. The van der Waals surface area contributed by atoms with Crippen LogP contribution in [0.25, 0.3) is 11.0 Å². The average molecular weight is 491 g/mol. The normalized spacial score (nSPS) is 14.6. The topological polar surface area (TPSA) is 149 Å². The van der Waals surface area contributed by atoms with Gasteiger partial charge in [-0.1, -0.05) is 26.8 Å². The molecule has 1 amide bonds. The highest BCUT2D eigenvalue weighted by Crippen LogP contribution is 2.26. The van der Waals surface area contributed by atoms with Crippen molar-refractivity contribution in [2.45, 2.75) is 27.7 Å². The van der Waals surface area contributed by atoms with Gasteiger partial charge >= 0.3 is 0 Å². The van der Waals surface area contributed by atoms with Crippen LogP contribution in [0.3, 0.4) is 0 Å². The Bertz CT molecular complexity index is 1330. The molecule has 2 aromatic heterocycles. The van der Waals surface area contributed by atoms with Gasteiger partial charge in [0, 0.05) is 35.8 Å². The maximum Gasteiger partial charge on any atom is 0.256 e. The second kappa shape index (κ2) is 10.2. The van der Waals surface area contributed by atoms with Crippen LogP contribution in [-0.2, 0) is 4.74 Å². The summed E-state index contributed by atoms with van der Waals surface area (Å²) >= 11 is 0. The number of hydrogen-bond donors (Lipinski definition) is 4. The number of amidine groups is 1. The number of aliphatic hydroxyl groups excluding tert-OH is 1. The van der Waals surface area contributed by atoms with Gasteiger partial charge in [-0.2, -0.15) is 0 Å². The minimum atomic E-state index is -0.524. The zero-order chi connectivity index (χ0) is 25.9. The lowest BCUT2D eigenvalue weighted by Crippen LogP contribution is -2.37. The van der Waals surface area contributed by atoms with E-state index in [0.29, 0.717) is 60.4 Å². The zero-order valence-corrected chi connectivity index (χ0v) is 20.8. The molecule has 1 aromatic carbocycles. The van der Waals surface area contributed by atoms with Crippen molar-refractivity contribution in [1.82, 2.24) is 25.3 Å². The first-order valence-electron chi connectivity index (χ1n) is 11.6. The molecule has 11 nitrogen and oxygen atoms in total. The molecule has 0 unspecified atom stereocenters. The lowest BCUT2D eigenvalue weighted by molar-refractivity contribution is 0.0977. The molecule has 0 radical (unpaired) electrons. The maximum absolute atomic E-state index is 12.8. The van der Waals surface area contributed by atoms with E-state index in [1.165, 1.54) is 12.4 Å². The first kappa shape index (κ1) is 25.0. The maximum atomic E-state index is 12.8. The van der Waals surface area contributed by atoms with Gasteiger partial charge in [-0.15, -0.1) is 0 Å². The fourth-order valence-corrected chi connectivity index (χ4v) is 3.46. The second-order valence-corrected chi connectivity index (χ2v) is 9.53. The summed E-state index contributed by atoms with van der Waals surface area (Å²) in [5.74, 6) is 0.414. The van der Waals surface area contributed by atoms with Crippen LogP contribution in [0.4, 0.5) is 17.5 Å². The van der Waals surface area contributed by atoms with E-state index in [4.69, 9.17) is 15.1 Å². The van der Waals surface area contributed by atoms with Gasteiger partial charge < -0.3 is 25.4 Å². The molecule has 36 heavy (non-hydrogen) atoms. The largest absolute Gasteiger partial charge is 0.512 e. The molecule has 0 atom stereocenters. The summed E-state index contributed by atoms with van der Waals surface area (Å²) in [5, 5.41) is 23.9. The zero-order valence-electron chi connectivity index (χ0n) is 20.8. The lowest BCUT2D eigenvalue weighted by atomic mass is 9.93. The van der Waals surface area contributed by atoms with Crippen LogP contribution in [0, 0.1) is 17.7 Å². The van der Waals surface area contributed by atoms with Crippen molar-refractivity contribution < 1.29 is 14.6 Å². The van der Waals surface area contributed by atoms with Crippen molar-refractivity contribution in [2.24, 2.45) is 5.41 Å². The molecule has 0 spiro atoms. The SMILES string of the molecule is Cc1ccc(C(=O)NC(=N)/C=C(\O)C(C)(C)C)cc1Nc1ncnc2cnc(N3CCOCC3)nc12. The van der Waals surface area contributed by atoms with Crippen molar-refractivity contribution in [1.29, 1.82) is 5.41 Å². The van der Waals surface area contributed by atoms with E-state index in [1.54, 1.807) is 24.4 Å². The van der Waals surface area contributed by atoms with Gasteiger partial charge in [0.1, 0.15) is 29.0 Å². The van der Waals surface area contributed by atoms with Crippen molar-refractivity contribution in [2.75, 3.05) is 36.5 Å². The number of benzene rings is 1. The van der Waals surface area contributed by atoms with Crippen LogP contribution in [0.2, 0.25) is 0 Å². The number of hydrogen-bond acceptors (Lipinski definition) is 10. The molecule has 1 aliphatic rings. The molecule has 188 valence electrons. The third-order valence-electron chi connectivity index (χ3n) is 5.71. The minimum absolute atomic E-state index is 0.00754. The van der Waals surface area contributed by atoms with Crippen LogP contribution in [0.15, 0.2) is 42.6 Å². The first-order chi connectivity index (χ1) is 17.1. The fraction of sp³-hybridized carbons (Fsp3) is 0.360. The number of rotatable bonds is 5. The molecule has 4 rings (SSSR count). The van der Waals surface area contributed by atoms with E-state index in [2.05, 4.69) is 30.5 Å². The molecule has 11 heteroatoms. The summed E-state index contributed by atoms with van der Waals surface area (Å²) in [6.07, 6.45) is 4.34. The highest BCUT2D eigenvalue weighted by atomic mass is 16.5. The lowest BCUT2D eigenvalue weighted by Gasteiger charge is -2.26. The summed E-state index contributed by atoms with van der Waals surface area (Å²) in [4.78, 5) is 32.6. The first-order valence-corrected chi connectivity index (χ1v) is 11.6. The number of morpholine rings is 1. The van der Waals surface area contributed by atoms with Crippen molar-refractivity contribution in [3.05, 3.63) is 53.7 Å². The number of amides is 1. The molecule has 1 fully saturated rings. The van der Waals surface area contributed by atoms with E-state index in [9.17, 15) is 9.90 Å². The van der Waals surface area contributed by atoms with Crippen LogP contribution >= 0.6 is 0 Å². The molecule has 0 aliphatic carbocycles. The Morgan fingerprint density at radius 2 is 1.94 bits per heavy atom. The molecule has 1 saturated heterocycles. The number of nitrogens with one attached hydrogen (secondary N) is 3. The number of anilines is 3. The van der Waals surface area contributed by atoms with E-state index in [0.717, 1.165) is 5.56 Å². The van der Waals surface area contributed by atoms with E-state index >= 15 is 0 Å². The molecule has 4 N–H and O–H groups in total. The summed E-state index contributed by atoms with van der Waals surface area (Å²) in [5.41, 5.74) is 2.53. The van der Waals surface area contributed by atoms with Gasteiger partial charge in [0.2, 0.25) is 5.95 Å². The van der Waals surface area contributed by atoms with Gasteiger partial charge in [0.05, 0.1) is 19.4 Å². The van der Waals surface area contributed by atoms with E-state index in [1.807, 2.05) is 27.7 Å². The van der Waals surface area contributed by atoms with Crippen LogP contribution in [0.5, 0.6) is 0 Å². The predicted octanol–water partition coefficient (Wildman–Crippen LogP) is 3.50. The third kappa shape index (κ3) is 5.74. The Labute approximate surface area is 209 Å². The van der Waals surface area contributed by atoms with Crippen LogP contribution in [0.1, 0.15) is 36.7 Å². The Balaban J connectivity index is 1.58. The molecular formula is C25H30N8O3. The molecular weight excluding hydrogens is 460 g/mol. The fourth-order valence-electron chi connectivity index (χ4n) is 3.46. The summed E-state index contributed by atoms with van der Waals surface area (Å²) in [7, 11) is 0. The van der Waals surface area contributed by atoms with Crippen LogP contribution in [-0.4, -0.2) is 63.1 Å². The Morgan fingerprint density at radius 3 is 2.67 bits per heavy atom. The number of aromatic nitrogens is 4. The van der Waals surface area contributed by atoms with Gasteiger partial charge in [-0.25, -0.2) is 19.9 Å². The molecule has 3 aromatic rings. The predicted molar refractivity (Wildman–Crippen MR) is 138 cm³/mol. The summed E-state index contributed by atoms with van der Waals surface area (Å²) < 4.78 is 5.42. The van der Waals surface area contributed by atoms with Gasteiger partial charge in [0.25, 0.3) is 5.91 Å². The van der Waals surface area contributed by atoms with E-state index in [-0.39, 0.29) is 11.6 Å². The number of carbonyl (C=O) groups is 1. The number of carbonyl (C=O) groups excluding carboxylic acids is 1. The van der Waals surface area contributed by atoms with Gasteiger partial charge in [0.15, 0.2) is 5.82 Å². The average Bonchev–Trinajstić information content (AvgIpc) is 2.85. The van der Waals surface area contributed by atoms with Crippen LogP contribution < -0.4 is 15.5 Å². The highest BCUT2D eigenvalue weighted by molar-refractivity contribution is 6.09. The summed E-state index contributed by atoms with van der Waals surface area (Å²) in [6, 6.07) is 5.16. The van der Waals surface area contributed by atoms with Crippen molar-refractivity contribution in [3.63, 3.8) is 0 Å². The van der Waals surface area contributed by atoms with Crippen molar-refractivity contribution >= 4 is 40.2 Å². The number of nitrogens with zero attached hydrogens (tertiary/aromatic N) is 5. The number of aliphatic hydroxyl groups is 1. The monoisotopic (exact) mass is 490 g/mol. The molecule has 0 saturated carbocycles. The smallest absolute Gasteiger partial charge is 0.256 e. The van der Waals surface area contributed by atoms with E-state index < -0.39 is 11.3 Å². The number of allylic oxidation sites excluding steroid dienone is 1. The number of ether oxygens (including phenoxy) is 1. The summed E-state index contributed by atoms with van der Waals surface area (Å²) in [6.45, 7) is 10.0. The van der Waals surface area contributed by atoms with Crippen molar-refractivity contribution in [3.8, 4) is 0 Å². The van der Waals surface area contributed by atoms with Gasteiger partial charge in [-0.3, -0.25) is 10.2 Å². The Kier molecular flexibility index (Phi) is 7.11. The quantitative estimate of drug-likeness (QED) is 0.239. The Hall–Kier alpha value is -4.12. The standard InChI is InChI=1S/C25H30N8O3/c1-15-5-6-16(23(35)31-20(26)12-19(34)25(2,3)4)11-17(15)30-22-21-18(28-14-29-22)13-27-24(32-21)33-7-9-36-10-8-33/h5-6,11-14,34H,7-10H2,1-4H3,(H2,26,31,35)(H,28,29,30)/b19-12-. The third-order valence-corrected chi connectivity index (χ3v) is 5.71. The molecule has 0 bridgehead atoms.